The van der Waals surface area contributed by atoms with E-state index in [1.165, 1.54) is 5.56 Å². The van der Waals surface area contributed by atoms with Crippen molar-refractivity contribution in [3.8, 4) is 0 Å². The molecule has 0 unspecified atom stereocenters. The lowest BCUT2D eigenvalue weighted by Crippen LogP contribution is -2.39. The molecule has 1 fully saturated rings. The van der Waals surface area contributed by atoms with Gasteiger partial charge in [-0.25, -0.2) is 0 Å². The number of nitrogens with one attached hydrogen (secondary N) is 2. The molecule has 7 nitrogen and oxygen atoms in total. The topological polar surface area (TPSA) is 72.7 Å². The van der Waals surface area contributed by atoms with Crippen LogP contribution in [0, 0.1) is 12.8 Å². The van der Waals surface area contributed by atoms with Crippen molar-refractivity contribution in [1.29, 1.82) is 0 Å². The molecule has 0 atom stereocenters. The van der Waals surface area contributed by atoms with Crippen LogP contribution in [-0.2, 0) is 16.0 Å². The van der Waals surface area contributed by atoms with Gasteiger partial charge in [0.25, 0.3) is 0 Å². The summed E-state index contributed by atoms with van der Waals surface area (Å²) in [6.45, 7) is 7.93. The van der Waals surface area contributed by atoms with Crippen LogP contribution in [-0.4, -0.2) is 62.3 Å². The van der Waals surface area contributed by atoms with Gasteiger partial charge in [-0.2, -0.15) is 5.10 Å². The van der Waals surface area contributed by atoms with Gasteiger partial charge in [0.1, 0.15) is 0 Å². The minimum atomic E-state index is 0. The number of hydrogen-bond donors (Lipinski definition) is 2. The third-order valence-corrected chi connectivity index (χ3v) is 4.07. The standard InChI is InChI=1S/C17H31N5O2.HI/c1-15-12-21-22(13-15)8-7-20-17(18-2)19-6-3-9-24-14-16-4-10-23-11-5-16;/h12-13,16H,3-11,14H2,1-2H3,(H2,18,19,20);1H. The van der Waals surface area contributed by atoms with Crippen LogP contribution in [0.25, 0.3) is 0 Å². The van der Waals surface area contributed by atoms with E-state index in [1.807, 2.05) is 24.0 Å². The predicted molar refractivity (Wildman–Crippen MR) is 111 cm³/mol. The fourth-order valence-corrected chi connectivity index (χ4v) is 2.64. The van der Waals surface area contributed by atoms with E-state index in [-0.39, 0.29) is 24.0 Å². The van der Waals surface area contributed by atoms with Crippen LogP contribution >= 0.6 is 24.0 Å². The van der Waals surface area contributed by atoms with Crippen molar-refractivity contribution in [1.82, 2.24) is 20.4 Å². The average Bonchev–Trinajstić information content (AvgIpc) is 3.02. The maximum atomic E-state index is 5.76. The monoisotopic (exact) mass is 465 g/mol. The number of guanidine groups is 1. The van der Waals surface area contributed by atoms with Gasteiger partial charge in [-0.15, -0.1) is 24.0 Å². The molecule has 2 heterocycles. The molecule has 1 aromatic heterocycles. The van der Waals surface area contributed by atoms with E-state index in [4.69, 9.17) is 9.47 Å². The lowest BCUT2D eigenvalue weighted by Gasteiger charge is -2.21. The molecule has 0 radical (unpaired) electrons. The largest absolute Gasteiger partial charge is 0.381 e. The highest BCUT2D eigenvalue weighted by Crippen LogP contribution is 2.14. The van der Waals surface area contributed by atoms with E-state index in [9.17, 15) is 0 Å². The third-order valence-electron chi connectivity index (χ3n) is 4.07. The van der Waals surface area contributed by atoms with Crippen molar-refractivity contribution < 1.29 is 9.47 Å². The zero-order valence-corrected chi connectivity index (χ0v) is 17.7. The maximum Gasteiger partial charge on any atom is 0.191 e. The first-order valence-electron chi connectivity index (χ1n) is 8.87. The Morgan fingerprint density at radius 3 is 2.80 bits per heavy atom. The second-order valence-electron chi connectivity index (χ2n) is 6.19. The average molecular weight is 465 g/mol. The van der Waals surface area contributed by atoms with Crippen LogP contribution in [0.4, 0.5) is 0 Å². The summed E-state index contributed by atoms with van der Waals surface area (Å²) in [6.07, 6.45) is 7.14. The highest BCUT2D eigenvalue weighted by molar-refractivity contribution is 14.0. The summed E-state index contributed by atoms with van der Waals surface area (Å²) in [5, 5.41) is 10.9. The summed E-state index contributed by atoms with van der Waals surface area (Å²) >= 11 is 0. The first kappa shape index (κ1) is 22.2. The van der Waals surface area contributed by atoms with Crippen molar-refractivity contribution >= 4 is 29.9 Å². The molecule has 0 aromatic carbocycles. The highest BCUT2D eigenvalue weighted by Gasteiger charge is 2.13. The van der Waals surface area contributed by atoms with E-state index in [0.29, 0.717) is 5.92 Å². The number of aryl methyl sites for hydroxylation is 1. The van der Waals surface area contributed by atoms with Crippen molar-refractivity contribution in [3.63, 3.8) is 0 Å². The van der Waals surface area contributed by atoms with E-state index in [2.05, 4.69) is 20.7 Å². The van der Waals surface area contributed by atoms with Gasteiger partial charge in [0, 0.05) is 52.8 Å². The maximum absolute atomic E-state index is 5.76. The molecule has 2 N–H and O–H groups in total. The van der Waals surface area contributed by atoms with Crippen LogP contribution in [0.1, 0.15) is 24.8 Å². The minimum absolute atomic E-state index is 0. The second kappa shape index (κ2) is 13.3. The van der Waals surface area contributed by atoms with Gasteiger partial charge in [-0.05, 0) is 37.7 Å². The summed E-state index contributed by atoms with van der Waals surface area (Å²) in [4.78, 5) is 4.23. The molecule has 1 saturated heterocycles. The van der Waals surface area contributed by atoms with E-state index in [0.717, 1.165) is 71.3 Å². The molecule has 0 saturated carbocycles. The Morgan fingerprint density at radius 1 is 1.36 bits per heavy atom. The molecule has 0 aliphatic carbocycles. The van der Waals surface area contributed by atoms with Crippen LogP contribution < -0.4 is 10.6 Å². The molecule has 144 valence electrons. The number of aromatic nitrogens is 2. The molecule has 1 aromatic rings. The van der Waals surface area contributed by atoms with Gasteiger partial charge in [0.05, 0.1) is 12.7 Å². The molecule has 2 rings (SSSR count). The summed E-state index contributed by atoms with van der Waals surface area (Å²) in [5.74, 6) is 1.50. The lowest BCUT2D eigenvalue weighted by atomic mass is 10.0. The van der Waals surface area contributed by atoms with Gasteiger partial charge in [-0.3, -0.25) is 9.67 Å². The lowest BCUT2D eigenvalue weighted by molar-refractivity contribution is 0.0203. The molecule has 0 spiro atoms. The van der Waals surface area contributed by atoms with Gasteiger partial charge < -0.3 is 20.1 Å². The highest BCUT2D eigenvalue weighted by atomic mass is 127. The predicted octanol–water partition coefficient (Wildman–Crippen LogP) is 1.81. The Morgan fingerprint density at radius 2 is 2.12 bits per heavy atom. The van der Waals surface area contributed by atoms with E-state index < -0.39 is 0 Å². The number of aliphatic imine (C=N–C) groups is 1. The number of halogens is 1. The molecule has 25 heavy (non-hydrogen) atoms. The van der Waals surface area contributed by atoms with Crippen LogP contribution in [0.15, 0.2) is 17.4 Å². The molecular weight excluding hydrogens is 433 g/mol. The van der Waals surface area contributed by atoms with E-state index in [1.54, 1.807) is 7.05 Å². The Labute approximate surface area is 168 Å². The summed E-state index contributed by atoms with van der Waals surface area (Å²) in [5.41, 5.74) is 1.18. The molecule has 0 amide bonds. The molecule has 1 aliphatic heterocycles. The molecule has 0 bridgehead atoms. The SMILES string of the molecule is CN=C(NCCCOCC1CCOCC1)NCCn1cc(C)cn1.I. The third kappa shape index (κ3) is 9.41. The van der Waals surface area contributed by atoms with Crippen LogP contribution in [0.3, 0.4) is 0 Å². The first-order valence-corrected chi connectivity index (χ1v) is 8.87. The minimum Gasteiger partial charge on any atom is -0.381 e. The number of rotatable bonds is 9. The quantitative estimate of drug-likeness (QED) is 0.252. The summed E-state index contributed by atoms with van der Waals surface area (Å²) < 4.78 is 13.0. The number of ether oxygens (including phenoxy) is 2. The Hall–Kier alpha value is -0.870. The van der Waals surface area contributed by atoms with Gasteiger partial charge in [0.15, 0.2) is 5.96 Å². The number of hydrogen-bond acceptors (Lipinski definition) is 4. The van der Waals surface area contributed by atoms with Gasteiger partial charge >= 0.3 is 0 Å². The van der Waals surface area contributed by atoms with Crippen molar-refractivity contribution in [2.75, 3.05) is 46.6 Å². The Kier molecular flexibility index (Phi) is 11.8. The van der Waals surface area contributed by atoms with Gasteiger partial charge in [-0.1, -0.05) is 0 Å². The first-order chi connectivity index (χ1) is 11.8. The zero-order chi connectivity index (χ0) is 17.0. The Bertz CT molecular complexity index is 489. The summed E-state index contributed by atoms with van der Waals surface area (Å²) in [6, 6.07) is 0. The van der Waals surface area contributed by atoms with Gasteiger partial charge in [0.2, 0.25) is 0 Å². The van der Waals surface area contributed by atoms with Crippen LogP contribution in [0.2, 0.25) is 0 Å². The van der Waals surface area contributed by atoms with Crippen LogP contribution in [0.5, 0.6) is 0 Å². The zero-order valence-electron chi connectivity index (χ0n) is 15.4. The molecule has 8 heteroatoms. The van der Waals surface area contributed by atoms with Crippen molar-refractivity contribution in [2.45, 2.75) is 32.7 Å². The fourth-order valence-electron chi connectivity index (χ4n) is 2.64. The van der Waals surface area contributed by atoms with E-state index >= 15 is 0 Å². The van der Waals surface area contributed by atoms with Crippen molar-refractivity contribution in [3.05, 3.63) is 18.0 Å². The normalized spacial score (nSPS) is 15.7. The Balaban J connectivity index is 0.00000312. The fraction of sp³-hybridized carbons (Fsp3) is 0.765. The molecular formula is C17H32IN5O2. The number of nitrogens with zero attached hydrogens (tertiary/aromatic N) is 3. The summed E-state index contributed by atoms with van der Waals surface area (Å²) in [7, 11) is 1.79. The second-order valence-corrected chi connectivity index (χ2v) is 6.19. The molecule has 1 aliphatic rings. The van der Waals surface area contributed by atoms with Crippen molar-refractivity contribution in [2.24, 2.45) is 10.9 Å². The smallest absolute Gasteiger partial charge is 0.191 e.